The van der Waals surface area contributed by atoms with Crippen LogP contribution in [0.25, 0.3) is 0 Å². The quantitative estimate of drug-likeness (QED) is 0.674. The van der Waals surface area contributed by atoms with Gasteiger partial charge in [-0.15, -0.1) is 11.8 Å². The van der Waals surface area contributed by atoms with Crippen LogP contribution in [0.3, 0.4) is 0 Å². The Labute approximate surface area is 159 Å². The zero-order valence-corrected chi connectivity index (χ0v) is 16.8. The van der Waals surface area contributed by atoms with E-state index in [-0.39, 0.29) is 16.7 Å². The van der Waals surface area contributed by atoms with Crippen LogP contribution in [0, 0.1) is 5.92 Å². The Balaban J connectivity index is 2.13. The normalized spacial score (nSPS) is 11.5. The molecule has 0 unspecified atom stereocenters. The molecule has 0 aliphatic rings. The SMILES string of the molecule is CSc1ccc(S(=O)(=O)NCCc2ccccc2)cc1NC(=O)C(C)C. The number of sulfonamides is 1. The first-order valence-electron chi connectivity index (χ1n) is 8.36. The van der Waals surface area contributed by atoms with Gasteiger partial charge in [-0.2, -0.15) is 0 Å². The molecule has 0 radical (unpaired) electrons. The minimum atomic E-state index is -3.64. The average Bonchev–Trinajstić information content (AvgIpc) is 2.62. The van der Waals surface area contributed by atoms with Crippen LogP contribution in [0.1, 0.15) is 19.4 Å². The lowest BCUT2D eigenvalue weighted by atomic mass is 10.2. The van der Waals surface area contributed by atoms with Gasteiger partial charge in [0.25, 0.3) is 0 Å². The van der Waals surface area contributed by atoms with E-state index in [1.807, 2.05) is 36.6 Å². The summed E-state index contributed by atoms with van der Waals surface area (Å²) in [4.78, 5) is 12.9. The first-order valence-corrected chi connectivity index (χ1v) is 11.1. The van der Waals surface area contributed by atoms with Crippen LogP contribution in [0.15, 0.2) is 58.3 Å². The summed E-state index contributed by atoms with van der Waals surface area (Å²) < 4.78 is 27.7. The van der Waals surface area contributed by atoms with Crippen molar-refractivity contribution in [2.24, 2.45) is 5.92 Å². The molecular weight excluding hydrogens is 368 g/mol. The number of rotatable bonds is 8. The number of carbonyl (C=O) groups excluding carboxylic acids is 1. The van der Waals surface area contributed by atoms with Gasteiger partial charge >= 0.3 is 0 Å². The number of hydrogen-bond acceptors (Lipinski definition) is 4. The summed E-state index contributed by atoms with van der Waals surface area (Å²) in [5.41, 5.74) is 1.58. The van der Waals surface area contributed by atoms with Gasteiger partial charge in [0.2, 0.25) is 15.9 Å². The van der Waals surface area contributed by atoms with Crippen molar-refractivity contribution in [3.05, 3.63) is 54.1 Å². The molecule has 0 aliphatic heterocycles. The van der Waals surface area contributed by atoms with Crippen LogP contribution in [0.5, 0.6) is 0 Å². The van der Waals surface area contributed by atoms with Crippen LogP contribution < -0.4 is 10.0 Å². The van der Waals surface area contributed by atoms with Crippen LogP contribution in [-0.2, 0) is 21.2 Å². The molecular formula is C19H24N2O3S2. The highest BCUT2D eigenvalue weighted by Gasteiger charge is 2.17. The van der Waals surface area contributed by atoms with E-state index in [4.69, 9.17) is 0 Å². The van der Waals surface area contributed by atoms with Crippen molar-refractivity contribution in [1.29, 1.82) is 0 Å². The summed E-state index contributed by atoms with van der Waals surface area (Å²) in [6.45, 7) is 3.89. The predicted octanol–water partition coefficient (Wildman–Crippen LogP) is 3.52. The van der Waals surface area contributed by atoms with Gasteiger partial charge in [-0.25, -0.2) is 13.1 Å². The molecule has 0 bridgehead atoms. The van der Waals surface area contributed by atoms with Gasteiger partial charge in [-0.3, -0.25) is 4.79 Å². The maximum absolute atomic E-state index is 12.6. The van der Waals surface area contributed by atoms with Crippen LogP contribution >= 0.6 is 11.8 Å². The second-order valence-corrected chi connectivity index (χ2v) is 8.75. The van der Waals surface area contributed by atoms with Gasteiger partial charge in [-0.1, -0.05) is 44.2 Å². The molecule has 2 aromatic carbocycles. The molecule has 2 N–H and O–H groups in total. The average molecular weight is 393 g/mol. The lowest BCUT2D eigenvalue weighted by molar-refractivity contribution is -0.118. The summed E-state index contributed by atoms with van der Waals surface area (Å²) in [5, 5.41) is 2.80. The molecule has 2 aromatic rings. The molecule has 0 saturated carbocycles. The van der Waals surface area contributed by atoms with E-state index in [2.05, 4.69) is 10.0 Å². The summed E-state index contributed by atoms with van der Waals surface area (Å²) in [6.07, 6.45) is 2.49. The summed E-state index contributed by atoms with van der Waals surface area (Å²) in [7, 11) is -3.64. The highest BCUT2D eigenvalue weighted by molar-refractivity contribution is 7.98. The number of carbonyl (C=O) groups is 1. The first-order chi connectivity index (χ1) is 12.3. The minimum Gasteiger partial charge on any atom is -0.325 e. The maximum Gasteiger partial charge on any atom is 0.240 e. The van der Waals surface area contributed by atoms with Gasteiger partial charge in [0.05, 0.1) is 10.6 Å². The zero-order chi connectivity index (χ0) is 19.2. The molecule has 0 heterocycles. The highest BCUT2D eigenvalue weighted by Crippen LogP contribution is 2.28. The van der Waals surface area contributed by atoms with E-state index in [9.17, 15) is 13.2 Å². The largest absolute Gasteiger partial charge is 0.325 e. The van der Waals surface area contributed by atoms with Crippen molar-refractivity contribution in [1.82, 2.24) is 4.72 Å². The van der Waals surface area contributed by atoms with E-state index >= 15 is 0 Å². The Kier molecular flexibility index (Phi) is 7.25. The third-order valence-electron chi connectivity index (χ3n) is 3.81. The van der Waals surface area contributed by atoms with Crippen LogP contribution in [0.2, 0.25) is 0 Å². The van der Waals surface area contributed by atoms with Gasteiger partial charge in [0.1, 0.15) is 0 Å². The lowest BCUT2D eigenvalue weighted by Crippen LogP contribution is -2.26. The van der Waals surface area contributed by atoms with Gasteiger partial charge in [-0.05, 0) is 36.4 Å². The topological polar surface area (TPSA) is 75.3 Å². The molecule has 26 heavy (non-hydrogen) atoms. The Morgan fingerprint density at radius 2 is 1.81 bits per heavy atom. The van der Waals surface area contributed by atoms with E-state index in [1.54, 1.807) is 26.0 Å². The van der Waals surface area contributed by atoms with E-state index in [0.717, 1.165) is 10.5 Å². The van der Waals surface area contributed by atoms with Gasteiger partial charge < -0.3 is 5.32 Å². The van der Waals surface area contributed by atoms with E-state index in [1.165, 1.54) is 17.8 Å². The fraction of sp³-hybridized carbons (Fsp3) is 0.316. The first kappa shape index (κ1) is 20.5. The Hall–Kier alpha value is -1.83. The lowest BCUT2D eigenvalue weighted by Gasteiger charge is -2.14. The molecule has 0 aromatic heterocycles. The number of benzene rings is 2. The number of nitrogens with one attached hydrogen (secondary N) is 2. The van der Waals surface area contributed by atoms with Crippen molar-refractivity contribution >= 4 is 33.4 Å². The van der Waals surface area contributed by atoms with Crippen molar-refractivity contribution in [2.75, 3.05) is 18.1 Å². The highest BCUT2D eigenvalue weighted by atomic mass is 32.2. The molecule has 0 spiro atoms. The zero-order valence-electron chi connectivity index (χ0n) is 15.2. The summed E-state index contributed by atoms with van der Waals surface area (Å²) in [6, 6.07) is 14.5. The molecule has 0 fully saturated rings. The fourth-order valence-electron chi connectivity index (χ4n) is 2.29. The second-order valence-electron chi connectivity index (χ2n) is 6.14. The standard InChI is InChI=1S/C19H24N2O3S2/c1-14(2)19(22)21-17-13-16(9-10-18(17)25-3)26(23,24)20-12-11-15-7-5-4-6-8-15/h4-10,13-14,20H,11-12H2,1-3H3,(H,21,22). The van der Waals surface area contributed by atoms with Crippen molar-refractivity contribution in [3.8, 4) is 0 Å². The predicted molar refractivity (Wildman–Crippen MR) is 107 cm³/mol. The summed E-state index contributed by atoms with van der Waals surface area (Å²) >= 11 is 1.45. The van der Waals surface area contributed by atoms with Crippen LogP contribution in [-0.4, -0.2) is 27.1 Å². The molecule has 2 rings (SSSR count). The Bertz CT molecular complexity index is 850. The molecule has 0 saturated heterocycles. The number of hydrogen-bond donors (Lipinski definition) is 2. The molecule has 5 nitrogen and oxygen atoms in total. The van der Waals surface area contributed by atoms with Gasteiger partial charge in [0.15, 0.2) is 0 Å². The van der Waals surface area contributed by atoms with Crippen molar-refractivity contribution in [3.63, 3.8) is 0 Å². The molecule has 0 aliphatic carbocycles. The van der Waals surface area contributed by atoms with Crippen molar-refractivity contribution in [2.45, 2.75) is 30.1 Å². The number of anilines is 1. The molecule has 7 heteroatoms. The molecule has 140 valence electrons. The molecule has 0 atom stereocenters. The van der Waals surface area contributed by atoms with Crippen molar-refractivity contribution < 1.29 is 13.2 Å². The van der Waals surface area contributed by atoms with Gasteiger partial charge in [0, 0.05) is 17.4 Å². The fourth-order valence-corrected chi connectivity index (χ4v) is 3.88. The second kappa shape index (κ2) is 9.21. The number of thioether (sulfide) groups is 1. The number of amides is 1. The monoisotopic (exact) mass is 392 g/mol. The van der Waals surface area contributed by atoms with E-state index in [0.29, 0.717) is 18.7 Å². The van der Waals surface area contributed by atoms with Crippen LogP contribution in [0.4, 0.5) is 5.69 Å². The maximum atomic E-state index is 12.6. The smallest absolute Gasteiger partial charge is 0.240 e. The summed E-state index contributed by atoms with van der Waals surface area (Å²) in [5.74, 6) is -0.333. The third kappa shape index (κ3) is 5.59. The van der Waals surface area contributed by atoms with E-state index < -0.39 is 10.0 Å². The Morgan fingerprint density at radius 1 is 1.12 bits per heavy atom. The molecule has 1 amide bonds. The third-order valence-corrected chi connectivity index (χ3v) is 6.07. The minimum absolute atomic E-state index is 0.141. The Morgan fingerprint density at radius 3 is 2.42 bits per heavy atom.